The van der Waals surface area contributed by atoms with Crippen molar-refractivity contribution in [3.8, 4) is 0 Å². The minimum Gasteiger partial charge on any atom is -0.374 e. The highest BCUT2D eigenvalue weighted by Gasteiger charge is 2.39. The van der Waals surface area contributed by atoms with Gasteiger partial charge in [0.2, 0.25) is 0 Å². The Balaban J connectivity index is 4.24. The molecule has 0 aromatic rings. The van der Waals surface area contributed by atoms with Gasteiger partial charge in [-0.2, -0.15) is 0 Å². The van der Waals surface area contributed by atoms with E-state index >= 15 is 0 Å². The van der Waals surface area contributed by atoms with Crippen LogP contribution in [0.4, 0.5) is 0 Å². The number of nitrogens with one attached hydrogen (secondary N) is 1. The van der Waals surface area contributed by atoms with Crippen LogP contribution in [0.15, 0.2) is 0 Å². The molecule has 0 aliphatic rings. The second-order valence-electron chi connectivity index (χ2n) is 3.60. The first-order valence-corrected chi connectivity index (χ1v) is 8.24. The van der Waals surface area contributed by atoms with Crippen LogP contribution < -0.4 is 5.32 Å². The van der Waals surface area contributed by atoms with E-state index < -0.39 is 8.80 Å². The van der Waals surface area contributed by atoms with Crippen molar-refractivity contribution < 1.29 is 13.3 Å². The Bertz CT molecular complexity index is 152. The fourth-order valence-electron chi connectivity index (χ4n) is 1.48. The second-order valence-corrected chi connectivity index (χ2v) is 6.34. The lowest BCUT2D eigenvalue weighted by Gasteiger charge is -2.28. The van der Waals surface area contributed by atoms with Crippen molar-refractivity contribution in [3.63, 3.8) is 0 Å². The Morgan fingerprint density at radius 3 is 2.06 bits per heavy atom. The van der Waals surface area contributed by atoms with Crippen LogP contribution in [-0.4, -0.2) is 42.2 Å². The van der Waals surface area contributed by atoms with Gasteiger partial charge >= 0.3 is 8.80 Å². The monoisotopic (exact) mass is 249 g/mol. The van der Waals surface area contributed by atoms with Crippen LogP contribution in [0.3, 0.4) is 0 Å². The van der Waals surface area contributed by atoms with Gasteiger partial charge in [-0.05, 0) is 27.3 Å². The largest absolute Gasteiger partial charge is 0.500 e. The summed E-state index contributed by atoms with van der Waals surface area (Å²) in [7, 11) is -0.477. The molecule has 98 valence electrons. The van der Waals surface area contributed by atoms with Crippen molar-refractivity contribution in [2.45, 2.75) is 39.7 Å². The maximum atomic E-state index is 5.88. The highest BCUT2D eigenvalue weighted by Crippen LogP contribution is 2.18. The van der Waals surface area contributed by atoms with Gasteiger partial charge in [0.25, 0.3) is 0 Å². The van der Waals surface area contributed by atoms with E-state index in [1.54, 1.807) is 0 Å². The van der Waals surface area contributed by atoms with Crippen LogP contribution in [0.25, 0.3) is 0 Å². The van der Waals surface area contributed by atoms with Crippen LogP contribution in [0.2, 0.25) is 6.04 Å². The van der Waals surface area contributed by atoms with E-state index in [0.717, 1.165) is 25.4 Å². The Labute approximate surface area is 101 Å². The van der Waals surface area contributed by atoms with E-state index in [2.05, 4.69) is 12.2 Å². The number of hydrogen-bond donors (Lipinski definition) is 1. The number of rotatable bonds is 11. The van der Waals surface area contributed by atoms with Crippen LogP contribution in [0, 0.1) is 0 Å². The predicted molar refractivity (Wildman–Crippen MR) is 68.6 cm³/mol. The summed E-state index contributed by atoms with van der Waals surface area (Å²) in [5.41, 5.74) is 0. The van der Waals surface area contributed by atoms with E-state index in [1.807, 2.05) is 20.9 Å². The minimum atomic E-state index is -2.39. The van der Waals surface area contributed by atoms with Gasteiger partial charge in [-0.1, -0.05) is 13.3 Å². The molecule has 0 radical (unpaired) electrons. The SMILES string of the molecule is CCCC[Si](OCC)(OCC)OCCNC. The van der Waals surface area contributed by atoms with Crippen molar-refractivity contribution in [3.05, 3.63) is 0 Å². The average molecular weight is 249 g/mol. The molecule has 0 aromatic heterocycles. The summed E-state index contributed by atoms with van der Waals surface area (Å²) in [5.74, 6) is 0. The first kappa shape index (κ1) is 16.1. The molecule has 0 atom stereocenters. The van der Waals surface area contributed by atoms with Crippen LogP contribution in [-0.2, 0) is 13.3 Å². The van der Waals surface area contributed by atoms with Gasteiger partial charge in [0.1, 0.15) is 0 Å². The Hall–Kier alpha value is 0.0569. The zero-order valence-corrected chi connectivity index (χ0v) is 12.2. The van der Waals surface area contributed by atoms with E-state index in [0.29, 0.717) is 19.8 Å². The summed E-state index contributed by atoms with van der Waals surface area (Å²) in [6.07, 6.45) is 2.25. The molecule has 0 unspecified atom stereocenters. The standard InChI is InChI=1S/C11H27NO3Si/c1-5-8-11-16(13-6-2,14-7-3)15-10-9-12-4/h12H,5-11H2,1-4H3. The van der Waals surface area contributed by atoms with Gasteiger partial charge in [-0.15, -0.1) is 0 Å². The summed E-state index contributed by atoms with van der Waals surface area (Å²) in [5, 5.41) is 3.07. The molecule has 0 rings (SSSR count). The molecule has 16 heavy (non-hydrogen) atoms. The lowest BCUT2D eigenvalue weighted by Crippen LogP contribution is -2.47. The molecule has 4 nitrogen and oxygen atoms in total. The Morgan fingerprint density at radius 2 is 1.62 bits per heavy atom. The highest BCUT2D eigenvalue weighted by molar-refractivity contribution is 6.60. The average Bonchev–Trinajstić information content (AvgIpc) is 2.27. The van der Waals surface area contributed by atoms with Gasteiger partial charge in [0, 0.05) is 25.8 Å². The fourth-order valence-corrected chi connectivity index (χ4v) is 4.25. The van der Waals surface area contributed by atoms with Crippen molar-refractivity contribution in [1.29, 1.82) is 0 Å². The zero-order valence-electron chi connectivity index (χ0n) is 11.2. The van der Waals surface area contributed by atoms with E-state index in [-0.39, 0.29) is 0 Å². The molecule has 0 amide bonds. The fraction of sp³-hybridized carbons (Fsp3) is 1.00. The van der Waals surface area contributed by atoms with Crippen LogP contribution in [0.5, 0.6) is 0 Å². The molecular formula is C11H27NO3Si. The molecular weight excluding hydrogens is 222 g/mol. The smallest absolute Gasteiger partial charge is 0.374 e. The lowest BCUT2D eigenvalue weighted by atomic mass is 10.4. The highest BCUT2D eigenvalue weighted by atomic mass is 28.4. The van der Waals surface area contributed by atoms with Gasteiger partial charge in [-0.25, -0.2) is 0 Å². The van der Waals surface area contributed by atoms with Crippen LogP contribution in [0.1, 0.15) is 33.6 Å². The number of likely N-dealkylation sites (N-methyl/N-ethyl adjacent to an activating group) is 1. The zero-order chi connectivity index (χ0) is 12.3. The number of hydrogen-bond acceptors (Lipinski definition) is 4. The molecule has 0 aliphatic carbocycles. The van der Waals surface area contributed by atoms with Gasteiger partial charge in [0.15, 0.2) is 0 Å². The molecule has 0 spiro atoms. The molecule has 0 aromatic carbocycles. The van der Waals surface area contributed by atoms with E-state index in [4.69, 9.17) is 13.3 Å². The van der Waals surface area contributed by atoms with E-state index in [9.17, 15) is 0 Å². The summed E-state index contributed by atoms with van der Waals surface area (Å²) < 4.78 is 17.5. The van der Waals surface area contributed by atoms with Crippen molar-refractivity contribution in [1.82, 2.24) is 5.32 Å². The maximum absolute atomic E-state index is 5.88. The van der Waals surface area contributed by atoms with Gasteiger partial charge in [0.05, 0.1) is 6.61 Å². The maximum Gasteiger partial charge on any atom is 0.500 e. The molecule has 0 saturated carbocycles. The molecule has 5 heteroatoms. The second kappa shape index (κ2) is 10.2. The molecule has 0 saturated heterocycles. The normalized spacial score (nSPS) is 12.0. The Morgan fingerprint density at radius 1 is 1.00 bits per heavy atom. The van der Waals surface area contributed by atoms with Gasteiger partial charge in [-0.3, -0.25) is 0 Å². The lowest BCUT2D eigenvalue weighted by molar-refractivity contribution is 0.0676. The molecule has 0 aliphatic heterocycles. The van der Waals surface area contributed by atoms with E-state index in [1.165, 1.54) is 0 Å². The molecule has 0 fully saturated rings. The molecule has 0 heterocycles. The first-order chi connectivity index (χ1) is 7.74. The Kier molecular flexibility index (Phi) is 10.3. The summed E-state index contributed by atoms with van der Waals surface area (Å²) in [6, 6.07) is 0.925. The minimum absolute atomic E-state index is 0.659. The third-order valence-electron chi connectivity index (χ3n) is 2.24. The summed E-state index contributed by atoms with van der Waals surface area (Å²) in [4.78, 5) is 0. The first-order valence-electron chi connectivity index (χ1n) is 6.31. The summed E-state index contributed by atoms with van der Waals surface area (Å²) in [6.45, 7) is 8.98. The quantitative estimate of drug-likeness (QED) is 0.449. The topological polar surface area (TPSA) is 39.7 Å². The number of unbranched alkanes of at least 4 members (excludes halogenated alkanes) is 1. The molecule has 1 N–H and O–H groups in total. The van der Waals surface area contributed by atoms with Crippen molar-refractivity contribution in [2.75, 3.05) is 33.4 Å². The van der Waals surface area contributed by atoms with Crippen LogP contribution >= 0.6 is 0 Å². The third kappa shape index (κ3) is 6.60. The van der Waals surface area contributed by atoms with Crippen molar-refractivity contribution >= 4 is 8.80 Å². The van der Waals surface area contributed by atoms with Crippen molar-refractivity contribution in [2.24, 2.45) is 0 Å². The van der Waals surface area contributed by atoms with Gasteiger partial charge < -0.3 is 18.6 Å². The molecule has 0 bridgehead atoms. The third-order valence-corrected chi connectivity index (χ3v) is 5.31. The summed E-state index contributed by atoms with van der Waals surface area (Å²) >= 11 is 0. The predicted octanol–water partition coefficient (Wildman–Crippen LogP) is 2.03.